The van der Waals surface area contributed by atoms with Gasteiger partial charge in [0, 0.05) is 87.3 Å². The molecule has 0 fully saturated rings. The lowest BCUT2D eigenvalue weighted by Crippen LogP contribution is -2.35. The molecular weight excluding hydrogens is 959 g/mol. The first-order valence-corrected chi connectivity index (χ1v) is 26.5. The quantitative estimate of drug-likeness (QED) is 0.160. The van der Waals surface area contributed by atoms with Crippen molar-refractivity contribution in [3.63, 3.8) is 0 Å². The minimum absolute atomic E-state index is 0.107. The molecule has 2 aromatic heterocycles. The average Bonchev–Trinajstić information content (AvgIpc) is 2.42. The summed E-state index contributed by atoms with van der Waals surface area (Å²) < 4.78 is 45.8. The van der Waals surface area contributed by atoms with Crippen molar-refractivity contribution in [3.8, 4) is 0 Å². The van der Waals surface area contributed by atoms with Crippen molar-refractivity contribution < 1.29 is 8.22 Å². The van der Waals surface area contributed by atoms with Crippen LogP contribution >= 0.6 is 0 Å². The monoisotopic (exact) mass is 1040 g/mol. The third-order valence-corrected chi connectivity index (χ3v) is 14.8. The predicted molar refractivity (Wildman–Crippen MR) is 327 cm³/mol. The Bertz CT molecular complexity index is 3590. The van der Waals surface area contributed by atoms with E-state index in [1.54, 1.807) is 18.6 Å². The zero-order valence-corrected chi connectivity index (χ0v) is 45.6. The molecule has 13 rings (SSSR count). The van der Waals surface area contributed by atoms with Gasteiger partial charge in [-0.1, -0.05) is 121 Å². The van der Waals surface area contributed by atoms with Gasteiger partial charge in [-0.3, -0.25) is 0 Å². The fourth-order valence-electron chi connectivity index (χ4n) is 10.8. The molecule has 394 valence electrons. The van der Waals surface area contributed by atoms with E-state index in [4.69, 9.17) is 8.22 Å². The lowest BCUT2D eigenvalue weighted by atomic mass is 10.1. The molecule has 0 spiro atoms. The molecule has 0 radical (unpaired) electrons. The van der Waals surface area contributed by atoms with Crippen LogP contribution in [0.3, 0.4) is 0 Å². The minimum atomic E-state index is -2.16. The molecule has 11 nitrogen and oxygen atoms in total. The summed E-state index contributed by atoms with van der Waals surface area (Å²) >= 11 is 0. The molecule has 4 aliphatic heterocycles. The van der Waals surface area contributed by atoms with Crippen molar-refractivity contribution in [2.45, 2.75) is 80.1 Å². The Kier molecular flexibility index (Phi) is 13.3. The lowest BCUT2D eigenvalue weighted by molar-refractivity contribution is 0.383. The van der Waals surface area contributed by atoms with E-state index < -0.39 is 14.0 Å². The van der Waals surface area contributed by atoms with Crippen molar-refractivity contribution in [1.82, 2.24) is 19.9 Å². The van der Waals surface area contributed by atoms with Gasteiger partial charge in [0.2, 0.25) is 0 Å². The maximum Gasteiger partial charge on any atom is 0.178 e. The van der Waals surface area contributed by atoms with Gasteiger partial charge in [0.15, 0.2) is 17.5 Å². The number of aryl methyl sites for hydroxylation is 4. The van der Waals surface area contributed by atoms with Gasteiger partial charge >= 0.3 is 0 Å². The number of hydrogen-bond donors (Lipinski definition) is 0. The highest BCUT2D eigenvalue weighted by Crippen LogP contribution is 2.48. The van der Waals surface area contributed by atoms with E-state index in [1.807, 2.05) is 136 Å². The molecule has 4 atom stereocenters. The number of para-hydroxylation sites is 8. The van der Waals surface area contributed by atoms with Crippen molar-refractivity contribution in [2.75, 3.05) is 48.3 Å². The van der Waals surface area contributed by atoms with E-state index in [2.05, 4.69) is 170 Å². The second-order valence-corrected chi connectivity index (χ2v) is 19.7. The molecule has 4 unspecified atom stereocenters. The molecule has 0 aliphatic carbocycles. The number of aromatic nitrogens is 3. The van der Waals surface area contributed by atoms with E-state index >= 15 is 0 Å². The van der Waals surface area contributed by atoms with E-state index in [1.165, 1.54) is 32.3 Å². The molecule has 4 aliphatic rings. The van der Waals surface area contributed by atoms with Gasteiger partial charge in [-0.25, -0.2) is 15.0 Å². The largest absolute Gasteiger partial charge is 0.359 e. The van der Waals surface area contributed by atoms with E-state index in [-0.39, 0.29) is 24.7 Å². The number of fused-ring (bicyclic) bond motifs is 3. The summed E-state index contributed by atoms with van der Waals surface area (Å²) in [4.78, 5) is 30.0. The molecule has 0 bridgehead atoms. The first-order chi connectivity index (χ1) is 40.4. The molecular formula is C67H71N11. The Morgan fingerprint density at radius 3 is 1.22 bits per heavy atom. The first kappa shape index (κ1) is 45.1. The lowest BCUT2D eigenvalue weighted by Gasteiger charge is -2.30. The SMILES string of the molecule is Cc1ccccc1N1c2cccnc2N(c2ccccc2)C1C.Cc1ccccc1N1c2nccnc2N(c2ccccc2)C1C.[2H]C([2H])([2H])N1C=CN(c2ccccc2C)C1C.[2H]C([2H])([2H])N1c2ccccc2N(c2ccccc2C)C1C. The second kappa shape index (κ2) is 23.0. The van der Waals surface area contributed by atoms with Crippen LogP contribution in [0.4, 0.5) is 68.6 Å². The van der Waals surface area contributed by atoms with Crippen molar-refractivity contribution in [3.05, 3.63) is 247 Å². The normalized spacial score (nSPS) is 19.1. The smallest absolute Gasteiger partial charge is 0.178 e. The van der Waals surface area contributed by atoms with Crippen LogP contribution < -0.4 is 34.3 Å². The van der Waals surface area contributed by atoms with Crippen LogP contribution in [0, 0.1) is 27.7 Å². The molecule has 0 amide bonds. The fraction of sp³-hybridized carbons (Fsp3) is 0.209. The van der Waals surface area contributed by atoms with Crippen molar-refractivity contribution in [2.24, 2.45) is 0 Å². The van der Waals surface area contributed by atoms with Gasteiger partial charge in [-0.05, 0) is 150 Å². The second-order valence-electron chi connectivity index (χ2n) is 19.7. The number of rotatable bonds is 6. The van der Waals surface area contributed by atoms with Gasteiger partial charge in [-0.2, -0.15) is 0 Å². The van der Waals surface area contributed by atoms with Gasteiger partial charge < -0.3 is 39.2 Å². The van der Waals surface area contributed by atoms with Crippen molar-refractivity contribution >= 4 is 68.6 Å². The summed E-state index contributed by atoms with van der Waals surface area (Å²) in [6.07, 6.45) is 8.65. The molecule has 9 aromatic rings. The van der Waals surface area contributed by atoms with E-state index in [9.17, 15) is 0 Å². The number of nitrogens with zero attached hydrogens (tertiary/aromatic N) is 11. The third kappa shape index (κ3) is 10.2. The third-order valence-electron chi connectivity index (χ3n) is 14.8. The maximum absolute atomic E-state index is 7.83. The van der Waals surface area contributed by atoms with Gasteiger partial charge in [0.1, 0.15) is 24.7 Å². The Hall–Kier alpha value is -9.09. The molecule has 0 saturated carbocycles. The number of pyridine rings is 1. The zero-order chi connectivity index (χ0) is 59.5. The van der Waals surface area contributed by atoms with Crippen LogP contribution in [0.1, 0.15) is 58.2 Å². The highest BCUT2D eigenvalue weighted by molar-refractivity contribution is 5.87. The zero-order valence-electron chi connectivity index (χ0n) is 51.6. The summed E-state index contributed by atoms with van der Waals surface area (Å²) in [5.74, 6) is 2.81. The summed E-state index contributed by atoms with van der Waals surface area (Å²) in [6, 6.07) is 65.5. The molecule has 0 saturated heterocycles. The van der Waals surface area contributed by atoms with Crippen LogP contribution in [0.15, 0.2) is 225 Å². The summed E-state index contributed by atoms with van der Waals surface area (Å²) in [5.41, 5.74) is 14.4. The average molecular weight is 1040 g/mol. The number of benzene rings is 7. The van der Waals surface area contributed by atoms with Crippen LogP contribution in [-0.2, 0) is 0 Å². The Balaban J connectivity index is 0.000000126. The molecule has 0 N–H and O–H groups in total. The minimum Gasteiger partial charge on any atom is -0.359 e. The van der Waals surface area contributed by atoms with Crippen LogP contribution in [0.5, 0.6) is 0 Å². The highest BCUT2D eigenvalue weighted by atomic mass is 15.5. The Morgan fingerprint density at radius 1 is 0.321 bits per heavy atom. The van der Waals surface area contributed by atoms with Crippen LogP contribution in [0.2, 0.25) is 0 Å². The summed E-state index contributed by atoms with van der Waals surface area (Å²) in [7, 11) is 0. The van der Waals surface area contributed by atoms with Crippen LogP contribution in [-0.4, -0.2) is 58.5 Å². The molecule has 6 heterocycles. The topological polar surface area (TPSA) is 64.6 Å². The van der Waals surface area contributed by atoms with Gasteiger partial charge in [-0.15, -0.1) is 0 Å². The summed E-state index contributed by atoms with van der Waals surface area (Å²) in [6.45, 7) is 12.3. The maximum atomic E-state index is 7.83. The Labute approximate surface area is 470 Å². The van der Waals surface area contributed by atoms with Gasteiger partial charge in [0.25, 0.3) is 0 Å². The molecule has 7 aromatic carbocycles. The Morgan fingerprint density at radius 2 is 0.718 bits per heavy atom. The first-order valence-electron chi connectivity index (χ1n) is 29.5. The fourth-order valence-corrected chi connectivity index (χ4v) is 10.8. The molecule has 78 heavy (non-hydrogen) atoms. The standard InChI is InChI=1S/C20H19N3.C19H18N4.C16H18N2.C12H16N2/c1-15-9-6-7-12-18(15)23-16(2)22(17-10-4-3-5-11-17)20-19(23)13-8-14-21-20;1-14-8-6-7-11-17(14)23-15(2)22(16-9-4-3-5-10-16)18-19(23)21-13-12-20-18;1-12-8-4-5-9-14(12)18-13(2)17(3)15-10-6-7-11-16(15)18;1-10-6-4-5-7-12(10)14-9-8-13(3)11(14)2/h3-14,16H,1-2H3;3-13,15H,1-2H3;4-11,13H,1-3H3;4-9,11H,1-3H3/i;;2*3D3. The van der Waals surface area contributed by atoms with E-state index in [0.29, 0.717) is 0 Å². The van der Waals surface area contributed by atoms with E-state index in [0.717, 1.165) is 68.4 Å². The van der Waals surface area contributed by atoms with Crippen LogP contribution in [0.25, 0.3) is 0 Å². The predicted octanol–water partition coefficient (Wildman–Crippen LogP) is 15.9. The van der Waals surface area contributed by atoms with Gasteiger partial charge in [0.05, 0.1) is 17.1 Å². The summed E-state index contributed by atoms with van der Waals surface area (Å²) in [5, 5.41) is 0. The number of anilines is 12. The highest BCUT2D eigenvalue weighted by Gasteiger charge is 2.39. The number of hydrogen-bond acceptors (Lipinski definition) is 11. The van der Waals surface area contributed by atoms with Crippen molar-refractivity contribution in [1.29, 1.82) is 0 Å². The molecule has 11 heteroatoms.